The van der Waals surface area contributed by atoms with Crippen LogP contribution in [0.25, 0.3) is 0 Å². The highest BCUT2D eigenvalue weighted by atomic mass is 16.2. The molecule has 0 aliphatic carbocycles. The van der Waals surface area contributed by atoms with Gasteiger partial charge >= 0.3 is 0 Å². The molecule has 3 aromatic carbocycles. The van der Waals surface area contributed by atoms with Crippen molar-refractivity contribution in [3.8, 4) is 0 Å². The Labute approximate surface area is 161 Å². The topological polar surface area (TPSA) is 41.1 Å². The molecule has 0 radical (unpaired) electrons. The van der Waals surface area contributed by atoms with Crippen LogP contribution >= 0.6 is 0 Å². The molecule has 0 saturated carbocycles. The fraction of sp³-hybridized carbons (Fsp3) is 0.174. The lowest BCUT2D eigenvalue weighted by Gasteiger charge is -2.29. The molecule has 2 N–H and O–H groups in total. The number of nitrogens with zero attached hydrogens (tertiary/aromatic N) is 1. The van der Waals surface area contributed by atoms with Crippen molar-refractivity contribution in [2.75, 3.05) is 31.3 Å². The molecule has 0 heterocycles. The average Bonchev–Trinajstić information content (AvgIpc) is 2.64. The summed E-state index contributed by atoms with van der Waals surface area (Å²) in [6.07, 6.45) is 0. The average molecular weight is 360 g/mol. The zero-order valence-electron chi connectivity index (χ0n) is 15.9. The van der Waals surface area contributed by atoms with Gasteiger partial charge in [-0.3, -0.25) is 4.79 Å². The number of para-hydroxylation sites is 1. The van der Waals surface area contributed by atoms with E-state index in [0.717, 1.165) is 23.6 Å². The maximum absolute atomic E-state index is 12.5. The Balaban J connectivity index is 1.54. The van der Waals surface area contributed by atoms with Gasteiger partial charge in [-0.15, -0.1) is 0 Å². The minimum Gasteiger partial charge on any atom is -0.356 e. The van der Waals surface area contributed by atoms with Gasteiger partial charge in [0, 0.05) is 22.6 Å². The number of nitrogens with one attached hydrogen (secondary N) is 2. The molecule has 4 nitrogen and oxygen atoms in total. The lowest BCUT2D eigenvalue weighted by molar-refractivity contribution is -0.895. The molecule has 0 aliphatic rings. The van der Waals surface area contributed by atoms with Crippen LogP contribution in [0.4, 0.5) is 17.1 Å². The standard InChI is InChI=1S/C23H25N3O/c1-26(2,17-19-9-5-3-6-10-19)18-23(27)25-22-15-13-21(14-16-22)24-20-11-7-4-8-12-20/h3-16,24H,17-18H2,1-2H3/p+1. The van der Waals surface area contributed by atoms with Crippen molar-refractivity contribution < 1.29 is 9.28 Å². The fourth-order valence-corrected chi connectivity index (χ4v) is 3.05. The Morgan fingerprint density at radius 3 is 1.89 bits per heavy atom. The molecular weight excluding hydrogens is 334 g/mol. The molecule has 0 aromatic heterocycles. The number of anilines is 3. The zero-order valence-corrected chi connectivity index (χ0v) is 15.9. The molecule has 138 valence electrons. The van der Waals surface area contributed by atoms with Crippen molar-refractivity contribution in [2.45, 2.75) is 6.54 Å². The van der Waals surface area contributed by atoms with Crippen LogP contribution in [0.1, 0.15) is 5.56 Å². The maximum atomic E-state index is 12.5. The molecule has 0 atom stereocenters. The smallest absolute Gasteiger partial charge is 0.279 e. The number of carbonyl (C=O) groups is 1. The van der Waals surface area contributed by atoms with Crippen molar-refractivity contribution in [3.05, 3.63) is 90.5 Å². The summed E-state index contributed by atoms with van der Waals surface area (Å²) in [6.45, 7) is 1.23. The molecule has 1 amide bonds. The minimum atomic E-state index is 0.0136. The maximum Gasteiger partial charge on any atom is 0.279 e. The van der Waals surface area contributed by atoms with Gasteiger partial charge in [0.1, 0.15) is 6.54 Å². The molecule has 0 bridgehead atoms. The number of quaternary nitrogens is 1. The van der Waals surface area contributed by atoms with Crippen molar-refractivity contribution in [1.29, 1.82) is 0 Å². The van der Waals surface area contributed by atoms with Crippen LogP contribution in [0.2, 0.25) is 0 Å². The van der Waals surface area contributed by atoms with Gasteiger partial charge in [-0.2, -0.15) is 0 Å². The van der Waals surface area contributed by atoms with Crippen molar-refractivity contribution in [2.24, 2.45) is 0 Å². The van der Waals surface area contributed by atoms with E-state index in [0.29, 0.717) is 11.0 Å². The summed E-state index contributed by atoms with van der Waals surface area (Å²) in [6, 6.07) is 28.0. The lowest BCUT2D eigenvalue weighted by Crippen LogP contribution is -2.44. The number of amides is 1. The van der Waals surface area contributed by atoms with Crippen molar-refractivity contribution >= 4 is 23.0 Å². The van der Waals surface area contributed by atoms with Crippen LogP contribution in [0, 0.1) is 0 Å². The minimum absolute atomic E-state index is 0.0136. The van der Waals surface area contributed by atoms with Gasteiger partial charge in [0.05, 0.1) is 14.1 Å². The molecule has 0 fully saturated rings. The molecule has 3 rings (SSSR count). The van der Waals surface area contributed by atoms with Gasteiger partial charge in [0.25, 0.3) is 5.91 Å². The van der Waals surface area contributed by atoms with Crippen molar-refractivity contribution in [3.63, 3.8) is 0 Å². The number of hydrogen-bond donors (Lipinski definition) is 2. The number of likely N-dealkylation sites (N-methyl/N-ethyl adjacent to an activating group) is 1. The third-order valence-corrected chi connectivity index (χ3v) is 4.26. The van der Waals surface area contributed by atoms with E-state index in [1.807, 2.05) is 72.8 Å². The summed E-state index contributed by atoms with van der Waals surface area (Å²) in [5.74, 6) is 0.0136. The van der Waals surface area contributed by atoms with Gasteiger partial charge in [-0.1, -0.05) is 48.5 Å². The van der Waals surface area contributed by atoms with Crippen LogP contribution in [0.5, 0.6) is 0 Å². The largest absolute Gasteiger partial charge is 0.356 e. The second-order valence-corrected chi connectivity index (χ2v) is 7.35. The molecular formula is C23H26N3O+. The quantitative estimate of drug-likeness (QED) is 0.603. The Hall–Kier alpha value is -3.11. The van der Waals surface area contributed by atoms with Gasteiger partial charge in [0.2, 0.25) is 0 Å². The highest BCUT2D eigenvalue weighted by molar-refractivity contribution is 5.91. The van der Waals surface area contributed by atoms with E-state index in [4.69, 9.17) is 0 Å². The Morgan fingerprint density at radius 2 is 1.26 bits per heavy atom. The number of rotatable bonds is 7. The molecule has 0 spiro atoms. The zero-order chi connectivity index (χ0) is 19.1. The SMILES string of the molecule is C[N+](C)(CC(=O)Nc1ccc(Nc2ccccc2)cc1)Cc1ccccc1. The first-order valence-corrected chi connectivity index (χ1v) is 9.08. The normalized spacial score (nSPS) is 11.0. The summed E-state index contributed by atoms with van der Waals surface area (Å²) < 4.78 is 0.601. The van der Waals surface area contributed by atoms with Crippen LogP contribution in [-0.4, -0.2) is 31.0 Å². The summed E-state index contributed by atoms with van der Waals surface area (Å²) in [5, 5.41) is 6.33. The van der Waals surface area contributed by atoms with Crippen molar-refractivity contribution in [1.82, 2.24) is 0 Å². The molecule has 3 aromatic rings. The second kappa shape index (κ2) is 8.52. The van der Waals surface area contributed by atoms with Crippen LogP contribution < -0.4 is 10.6 Å². The van der Waals surface area contributed by atoms with Gasteiger partial charge < -0.3 is 15.1 Å². The summed E-state index contributed by atoms with van der Waals surface area (Å²) in [4.78, 5) is 12.5. The van der Waals surface area contributed by atoms with E-state index in [1.165, 1.54) is 5.56 Å². The lowest BCUT2D eigenvalue weighted by atomic mass is 10.2. The van der Waals surface area contributed by atoms with E-state index in [9.17, 15) is 4.79 Å². The van der Waals surface area contributed by atoms with Crippen LogP contribution in [-0.2, 0) is 11.3 Å². The molecule has 4 heteroatoms. The monoisotopic (exact) mass is 360 g/mol. The molecule has 0 unspecified atom stereocenters. The molecule has 0 aliphatic heterocycles. The van der Waals surface area contributed by atoms with E-state index in [2.05, 4.69) is 36.9 Å². The molecule has 0 saturated heterocycles. The van der Waals surface area contributed by atoms with Gasteiger partial charge in [-0.25, -0.2) is 0 Å². The number of benzene rings is 3. The first-order valence-electron chi connectivity index (χ1n) is 9.08. The third-order valence-electron chi connectivity index (χ3n) is 4.26. The van der Waals surface area contributed by atoms with Gasteiger partial charge in [-0.05, 0) is 36.4 Å². The van der Waals surface area contributed by atoms with E-state index in [-0.39, 0.29) is 5.91 Å². The fourth-order valence-electron chi connectivity index (χ4n) is 3.05. The first kappa shape index (κ1) is 18.7. The molecule has 27 heavy (non-hydrogen) atoms. The third kappa shape index (κ3) is 5.97. The Bertz CT molecular complexity index is 859. The van der Waals surface area contributed by atoms with E-state index >= 15 is 0 Å². The predicted octanol–water partition coefficient (Wildman–Crippen LogP) is 4.65. The first-order chi connectivity index (χ1) is 13.0. The Kier molecular flexibility index (Phi) is 5.89. The number of carbonyl (C=O) groups excluding carboxylic acids is 1. The Morgan fingerprint density at radius 1 is 0.741 bits per heavy atom. The van der Waals surface area contributed by atoms with Crippen LogP contribution in [0.3, 0.4) is 0 Å². The predicted molar refractivity (Wildman–Crippen MR) is 112 cm³/mol. The highest BCUT2D eigenvalue weighted by Gasteiger charge is 2.20. The number of hydrogen-bond acceptors (Lipinski definition) is 2. The summed E-state index contributed by atoms with van der Waals surface area (Å²) in [7, 11) is 4.14. The highest BCUT2D eigenvalue weighted by Crippen LogP contribution is 2.19. The second-order valence-electron chi connectivity index (χ2n) is 7.35. The van der Waals surface area contributed by atoms with Crippen LogP contribution in [0.15, 0.2) is 84.9 Å². The van der Waals surface area contributed by atoms with E-state index in [1.54, 1.807) is 0 Å². The van der Waals surface area contributed by atoms with E-state index < -0.39 is 0 Å². The summed E-state index contributed by atoms with van der Waals surface area (Å²) in [5.41, 5.74) is 4.05. The summed E-state index contributed by atoms with van der Waals surface area (Å²) >= 11 is 0. The van der Waals surface area contributed by atoms with Gasteiger partial charge in [0.15, 0.2) is 6.54 Å².